The predicted molar refractivity (Wildman–Crippen MR) is 98.4 cm³/mol. The zero-order valence-electron chi connectivity index (χ0n) is 13.8. The maximum atomic E-state index is 12.3. The first-order chi connectivity index (χ1) is 11.6. The molecular formula is C16H23N5OS2. The van der Waals surface area contributed by atoms with E-state index in [0.717, 1.165) is 11.4 Å². The van der Waals surface area contributed by atoms with Crippen LogP contribution in [0.2, 0.25) is 0 Å². The summed E-state index contributed by atoms with van der Waals surface area (Å²) in [4.78, 5) is 13.3. The molecular weight excluding hydrogens is 342 g/mol. The molecule has 2 aromatic rings. The van der Waals surface area contributed by atoms with Crippen LogP contribution in [-0.4, -0.2) is 32.6 Å². The first-order valence-corrected chi connectivity index (χ1v) is 10.1. The summed E-state index contributed by atoms with van der Waals surface area (Å²) in [5.74, 6) is 7.37. The third-order valence-corrected chi connectivity index (χ3v) is 6.27. The largest absolute Gasteiger partial charge is 0.355 e. The third kappa shape index (κ3) is 4.10. The van der Waals surface area contributed by atoms with Gasteiger partial charge in [0.05, 0.1) is 10.1 Å². The van der Waals surface area contributed by atoms with Gasteiger partial charge in [-0.1, -0.05) is 37.1 Å². The van der Waals surface area contributed by atoms with E-state index in [9.17, 15) is 4.79 Å². The molecule has 0 saturated heterocycles. The Morgan fingerprint density at radius 2 is 2.25 bits per heavy atom. The van der Waals surface area contributed by atoms with Crippen LogP contribution in [0.15, 0.2) is 22.7 Å². The normalized spacial score (nSPS) is 16.9. The summed E-state index contributed by atoms with van der Waals surface area (Å²) >= 11 is 2.90. The van der Waals surface area contributed by atoms with Crippen LogP contribution in [-0.2, 0) is 4.79 Å². The summed E-state index contributed by atoms with van der Waals surface area (Å²) in [7, 11) is 0. The van der Waals surface area contributed by atoms with E-state index >= 15 is 0 Å². The van der Waals surface area contributed by atoms with Crippen molar-refractivity contribution < 1.29 is 4.79 Å². The number of thioether (sulfide) groups is 1. The van der Waals surface area contributed by atoms with Crippen molar-refractivity contribution in [1.29, 1.82) is 0 Å². The minimum atomic E-state index is -0.253. The highest BCUT2D eigenvalue weighted by molar-refractivity contribution is 8.00. The fraction of sp³-hybridized carbons (Fsp3) is 0.562. The number of thiophene rings is 1. The van der Waals surface area contributed by atoms with Gasteiger partial charge in [0.25, 0.3) is 0 Å². The van der Waals surface area contributed by atoms with Gasteiger partial charge < -0.3 is 11.2 Å². The van der Waals surface area contributed by atoms with Gasteiger partial charge in [-0.05, 0) is 37.1 Å². The van der Waals surface area contributed by atoms with E-state index in [2.05, 4.69) is 15.5 Å². The quantitative estimate of drug-likeness (QED) is 0.607. The number of carbonyl (C=O) groups is 1. The molecule has 1 aliphatic rings. The molecule has 1 amide bonds. The Kier molecular flexibility index (Phi) is 5.78. The van der Waals surface area contributed by atoms with E-state index < -0.39 is 0 Å². The minimum Gasteiger partial charge on any atom is -0.355 e. The van der Waals surface area contributed by atoms with Crippen molar-refractivity contribution in [2.24, 2.45) is 5.92 Å². The van der Waals surface area contributed by atoms with Crippen LogP contribution < -0.4 is 11.2 Å². The molecule has 24 heavy (non-hydrogen) atoms. The fourth-order valence-electron chi connectivity index (χ4n) is 2.92. The average molecular weight is 366 g/mol. The minimum absolute atomic E-state index is 0.0336. The first-order valence-electron chi connectivity index (χ1n) is 8.34. The highest BCUT2D eigenvalue weighted by Gasteiger charge is 2.21. The molecule has 2 aromatic heterocycles. The van der Waals surface area contributed by atoms with Crippen molar-refractivity contribution in [2.45, 2.75) is 49.4 Å². The molecule has 0 bridgehead atoms. The molecule has 0 aromatic carbocycles. The number of aromatic nitrogens is 3. The summed E-state index contributed by atoms with van der Waals surface area (Å²) in [5, 5.41) is 13.6. The van der Waals surface area contributed by atoms with Gasteiger partial charge in [0.1, 0.15) is 0 Å². The highest BCUT2D eigenvalue weighted by atomic mass is 32.2. The summed E-state index contributed by atoms with van der Waals surface area (Å²) in [6.45, 7) is 2.65. The van der Waals surface area contributed by atoms with Gasteiger partial charge in [0.2, 0.25) is 11.1 Å². The lowest BCUT2D eigenvalue weighted by Crippen LogP contribution is -2.35. The number of amides is 1. The average Bonchev–Trinajstić information content (AvgIpc) is 3.24. The standard InChI is InChI=1S/C16H23N5OS2/c1-11(15(22)18-10-12-6-3-2-4-7-12)24-16-20-19-14(21(16)17)13-8-5-9-23-13/h5,8-9,11-12H,2-4,6-7,10,17H2,1H3,(H,18,22)/t11-/m0/s1. The maximum Gasteiger partial charge on any atom is 0.233 e. The molecule has 3 N–H and O–H groups in total. The van der Waals surface area contributed by atoms with E-state index in [1.165, 1.54) is 48.5 Å². The molecule has 1 fully saturated rings. The number of hydrogen-bond acceptors (Lipinski definition) is 6. The zero-order valence-corrected chi connectivity index (χ0v) is 15.4. The lowest BCUT2D eigenvalue weighted by molar-refractivity contribution is -0.120. The Morgan fingerprint density at radius 1 is 1.46 bits per heavy atom. The smallest absolute Gasteiger partial charge is 0.233 e. The van der Waals surface area contributed by atoms with Gasteiger partial charge in [0.15, 0.2) is 5.82 Å². The van der Waals surface area contributed by atoms with Crippen LogP contribution in [0.25, 0.3) is 10.7 Å². The lowest BCUT2D eigenvalue weighted by Gasteiger charge is -2.22. The van der Waals surface area contributed by atoms with Gasteiger partial charge in [-0.3, -0.25) is 4.79 Å². The molecule has 3 rings (SSSR count). The second kappa shape index (κ2) is 8.02. The molecule has 0 unspecified atom stereocenters. The fourth-order valence-corrected chi connectivity index (χ4v) is 4.42. The summed E-state index contributed by atoms with van der Waals surface area (Å²) in [6, 6.07) is 3.90. The van der Waals surface area contributed by atoms with Crippen LogP contribution in [0.5, 0.6) is 0 Å². The Balaban J connectivity index is 1.54. The van der Waals surface area contributed by atoms with Crippen LogP contribution in [0.1, 0.15) is 39.0 Å². The van der Waals surface area contributed by atoms with Gasteiger partial charge >= 0.3 is 0 Å². The first kappa shape index (κ1) is 17.3. The van der Waals surface area contributed by atoms with Crippen molar-refractivity contribution in [2.75, 3.05) is 12.4 Å². The SMILES string of the molecule is C[C@H](Sc1nnc(-c2cccs2)n1N)C(=O)NCC1CCCCC1. The molecule has 2 heterocycles. The number of nitrogens with two attached hydrogens (primary N) is 1. The van der Waals surface area contributed by atoms with Crippen molar-refractivity contribution in [1.82, 2.24) is 20.2 Å². The van der Waals surface area contributed by atoms with Gasteiger partial charge in [-0.25, -0.2) is 4.68 Å². The molecule has 1 aliphatic carbocycles. The Morgan fingerprint density at radius 3 is 2.96 bits per heavy atom. The van der Waals surface area contributed by atoms with Crippen molar-refractivity contribution in [3.63, 3.8) is 0 Å². The summed E-state index contributed by atoms with van der Waals surface area (Å²) < 4.78 is 1.46. The Labute approximate surface area is 150 Å². The maximum absolute atomic E-state index is 12.3. The van der Waals surface area contributed by atoms with Crippen LogP contribution in [0.4, 0.5) is 0 Å². The van der Waals surface area contributed by atoms with E-state index in [-0.39, 0.29) is 11.2 Å². The highest BCUT2D eigenvalue weighted by Crippen LogP contribution is 2.27. The topological polar surface area (TPSA) is 85.8 Å². The molecule has 1 atom stereocenters. The van der Waals surface area contributed by atoms with E-state index in [1.807, 2.05) is 24.4 Å². The number of carbonyl (C=O) groups excluding carboxylic acids is 1. The summed E-state index contributed by atoms with van der Waals surface area (Å²) in [6.07, 6.45) is 6.35. The number of rotatable bonds is 6. The molecule has 0 aliphatic heterocycles. The number of hydrogen-bond donors (Lipinski definition) is 2. The van der Waals surface area contributed by atoms with Gasteiger partial charge in [-0.15, -0.1) is 21.5 Å². The van der Waals surface area contributed by atoms with E-state index in [1.54, 1.807) is 11.3 Å². The molecule has 6 nitrogen and oxygen atoms in total. The monoisotopic (exact) mass is 365 g/mol. The molecule has 8 heteroatoms. The number of nitrogens with zero attached hydrogens (tertiary/aromatic N) is 3. The molecule has 130 valence electrons. The van der Waals surface area contributed by atoms with Crippen LogP contribution >= 0.6 is 23.1 Å². The lowest BCUT2D eigenvalue weighted by atomic mass is 9.89. The predicted octanol–water partition coefficient (Wildman–Crippen LogP) is 2.90. The molecule has 0 spiro atoms. The van der Waals surface area contributed by atoms with Crippen molar-refractivity contribution in [3.8, 4) is 10.7 Å². The second-order valence-corrected chi connectivity index (χ2v) is 8.42. The second-order valence-electron chi connectivity index (χ2n) is 6.16. The Hall–Kier alpha value is -1.54. The number of nitrogens with one attached hydrogen (secondary N) is 1. The van der Waals surface area contributed by atoms with Crippen LogP contribution in [0.3, 0.4) is 0 Å². The summed E-state index contributed by atoms with van der Waals surface area (Å²) in [5.41, 5.74) is 0. The van der Waals surface area contributed by atoms with Crippen molar-refractivity contribution >= 4 is 29.0 Å². The molecule has 0 radical (unpaired) electrons. The van der Waals surface area contributed by atoms with E-state index in [4.69, 9.17) is 5.84 Å². The third-order valence-electron chi connectivity index (χ3n) is 4.35. The van der Waals surface area contributed by atoms with Gasteiger partial charge in [0, 0.05) is 6.54 Å². The van der Waals surface area contributed by atoms with Crippen LogP contribution in [0, 0.1) is 5.92 Å². The zero-order chi connectivity index (χ0) is 16.9. The van der Waals surface area contributed by atoms with Gasteiger partial charge in [-0.2, -0.15) is 0 Å². The molecule has 1 saturated carbocycles. The Bertz CT molecular complexity index is 664. The van der Waals surface area contributed by atoms with E-state index in [0.29, 0.717) is 16.9 Å². The number of nitrogen functional groups attached to an aromatic ring is 1. The van der Waals surface area contributed by atoms with Crippen molar-refractivity contribution in [3.05, 3.63) is 17.5 Å².